The monoisotopic (exact) mass is 355 g/mol. The Bertz CT molecular complexity index is 723. The third-order valence-corrected chi connectivity index (χ3v) is 4.06. The first-order chi connectivity index (χ1) is 12.5. The summed E-state index contributed by atoms with van der Waals surface area (Å²) in [6.07, 6.45) is 0.387. The quantitative estimate of drug-likeness (QED) is 0.644. The van der Waals surface area contributed by atoms with Crippen molar-refractivity contribution in [3.63, 3.8) is 0 Å². The lowest BCUT2D eigenvalue weighted by Crippen LogP contribution is -2.26. The molecule has 1 amide bonds. The molecule has 0 saturated carbocycles. The topological polar surface area (TPSA) is 55.8 Å². The van der Waals surface area contributed by atoms with Gasteiger partial charge in [0.2, 0.25) is 5.91 Å². The predicted molar refractivity (Wildman–Crippen MR) is 101 cm³/mol. The molecule has 26 heavy (non-hydrogen) atoms. The van der Waals surface area contributed by atoms with Gasteiger partial charge in [0.25, 0.3) is 0 Å². The molecule has 0 aliphatic heterocycles. The second kappa shape index (κ2) is 9.61. The third kappa shape index (κ3) is 5.62. The Labute approximate surface area is 154 Å². The molecule has 0 aliphatic rings. The summed E-state index contributed by atoms with van der Waals surface area (Å²) in [6, 6.07) is 14.6. The van der Waals surface area contributed by atoms with Gasteiger partial charge in [-0.3, -0.25) is 9.59 Å². The highest BCUT2D eigenvalue weighted by atomic mass is 16.5. The first-order valence-corrected chi connectivity index (χ1v) is 8.66. The summed E-state index contributed by atoms with van der Waals surface area (Å²) in [4.78, 5) is 26.2. The van der Waals surface area contributed by atoms with Crippen molar-refractivity contribution >= 4 is 11.7 Å². The third-order valence-electron chi connectivity index (χ3n) is 4.06. The second-order valence-electron chi connectivity index (χ2n) is 5.98. The maximum atomic E-state index is 12.3. The number of ether oxygens (including phenoxy) is 2. The summed E-state index contributed by atoms with van der Waals surface area (Å²) in [5.74, 6) is 1.42. The minimum absolute atomic E-state index is 0.0424. The summed E-state index contributed by atoms with van der Waals surface area (Å²) < 4.78 is 10.5. The molecule has 0 spiro atoms. The lowest BCUT2D eigenvalue weighted by Gasteiger charge is -2.17. The van der Waals surface area contributed by atoms with Gasteiger partial charge in [0.1, 0.15) is 11.5 Å². The molecular formula is C21H25NO4. The van der Waals surface area contributed by atoms with Crippen LogP contribution in [-0.2, 0) is 11.3 Å². The van der Waals surface area contributed by atoms with Gasteiger partial charge in [-0.05, 0) is 48.9 Å². The number of carbonyl (C=O) groups is 2. The van der Waals surface area contributed by atoms with E-state index in [1.165, 1.54) is 0 Å². The van der Waals surface area contributed by atoms with Crippen molar-refractivity contribution in [2.24, 2.45) is 0 Å². The molecule has 2 aromatic carbocycles. The van der Waals surface area contributed by atoms with E-state index in [2.05, 4.69) is 0 Å². The van der Waals surface area contributed by atoms with E-state index in [4.69, 9.17) is 9.47 Å². The average molecular weight is 355 g/mol. The number of hydrogen-bond acceptors (Lipinski definition) is 4. The smallest absolute Gasteiger partial charge is 0.223 e. The SMILES string of the molecule is CCOc1ccc(C(=O)CCC(=O)N(C)Cc2ccc(OC)cc2)cc1. The van der Waals surface area contributed by atoms with Crippen molar-refractivity contribution in [3.05, 3.63) is 59.7 Å². The molecule has 0 radical (unpaired) electrons. The zero-order valence-corrected chi connectivity index (χ0v) is 15.5. The number of rotatable bonds is 9. The molecule has 0 unspecified atom stereocenters. The first-order valence-electron chi connectivity index (χ1n) is 8.66. The van der Waals surface area contributed by atoms with Gasteiger partial charge in [-0.15, -0.1) is 0 Å². The van der Waals surface area contributed by atoms with Crippen LogP contribution in [0.25, 0.3) is 0 Å². The van der Waals surface area contributed by atoms with E-state index in [0.29, 0.717) is 18.7 Å². The van der Waals surface area contributed by atoms with Crippen LogP contribution in [0.15, 0.2) is 48.5 Å². The number of benzene rings is 2. The molecule has 0 bridgehead atoms. The van der Waals surface area contributed by atoms with Crippen molar-refractivity contribution in [2.75, 3.05) is 20.8 Å². The standard InChI is InChI=1S/C21H25NO4/c1-4-26-19-11-7-17(8-12-19)20(23)13-14-21(24)22(2)15-16-5-9-18(25-3)10-6-16/h5-12H,4,13-15H2,1-3H3. The van der Waals surface area contributed by atoms with Crippen LogP contribution < -0.4 is 9.47 Å². The zero-order valence-electron chi connectivity index (χ0n) is 15.5. The molecule has 0 N–H and O–H groups in total. The number of carbonyl (C=O) groups excluding carboxylic acids is 2. The minimum Gasteiger partial charge on any atom is -0.497 e. The van der Waals surface area contributed by atoms with Gasteiger partial charge in [0.05, 0.1) is 13.7 Å². The Morgan fingerprint density at radius 3 is 2.12 bits per heavy atom. The van der Waals surface area contributed by atoms with Gasteiger partial charge < -0.3 is 14.4 Å². The lowest BCUT2D eigenvalue weighted by molar-refractivity contribution is -0.130. The van der Waals surface area contributed by atoms with Crippen LogP contribution >= 0.6 is 0 Å². The molecular weight excluding hydrogens is 330 g/mol. The van der Waals surface area contributed by atoms with Crippen molar-refractivity contribution in [2.45, 2.75) is 26.3 Å². The van der Waals surface area contributed by atoms with Gasteiger partial charge in [-0.2, -0.15) is 0 Å². The van der Waals surface area contributed by atoms with E-state index in [-0.39, 0.29) is 24.5 Å². The number of Topliss-reactive ketones (excluding diaryl/α,β-unsaturated/α-hetero) is 1. The summed E-state index contributed by atoms with van der Waals surface area (Å²) in [6.45, 7) is 3.00. The van der Waals surface area contributed by atoms with E-state index < -0.39 is 0 Å². The fourth-order valence-corrected chi connectivity index (χ4v) is 2.55. The number of hydrogen-bond donors (Lipinski definition) is 0. The zero-order chi connectivity index (χ0) is 18.9. The molecule has 0 aliphatic carbocycles. The summed E-state index contributed by atoms with van der Waals surface area (Å²) in [7, 11) is 3.36. The minimum atomic E-state index is -0.0555. The lowest BCUT2D eigenvalue weighted by atomic mass is 10.1. The molecule has 2 aromatic rings. The van der Waals surface area contributed by atoms with Gasteiger partial charge >= 0.3 is 0 Å². The maximum absolute atomic E-state index is 12.3. The van der Waals surface area contributed by atoms with Gasteiger partial charge in [0.15, 0.2) is 5.78 Å². The predicted octanol–water partition coefficient (Wildman–Crippen LogP) is 3.72. The number of nitrogens with zero attached hydrogens (tertiary/aromatic N) is 1. The van der Waals surface area contributed by atoms with Crippen LogP contribution in [0, 0.1) is 0 Å². The van der Waals surface area contributed by atoms with E-state index in [1.807, 2.05) is 31.2 Å². The van der Waals surface area contributed by atoms with Crippen LogP contribution in [0.4, 0.5) is 0 Å². The molecule has 5 nitrogen and oxygen atoms in total. The van der Waals surface area contributed by atoms with Crippen molar-refractivity contribution in [1.82, 2.24) is 4.90 Å². The molecule has 2 rings (SSSR count). The molecule has 0 aromatic heterocycles. The largest absolute Gasteiger partial charge is 0.497 e. The number of ketones is 1. The maximum Gasteiger partial charge on any atom is 0.223 e. The summed E-state index contributed by atoms with van der Waals surface area (Å²) in [5.41, 5.74) is 1.61. The Morgan fingerprint density at radius 1 is 0.923 bits per heavy atom. The molecule has 0 fully saturated rings. The molecule has 0 atom stereocenters. The van der Waals surface area contributed by atoms with Crippen LogP contribution in [0.3, 0.4) is 0 Å². The van der Waals surface area contributed by atoms with Gasteiger partial charge in [-0.1, -0.05) is 12.1 Å². The van der Waals surface area contributed by atoms with Crippen LogP contribution in [-0.4, -0.2) is 37.4 Å². The van der Waals surface area contributed by atoms with Crippen LogP contribution in [0.2, 0.25) is 0 Å². The first kappa shape index (κ1) is 19.5. The normalized spacial score (nSPS) is 10.3. The highest BCUT2D eigenvalue weighted by Crippen LogP contribution is 2.15. The van der Waals surface area contributed by atoms with E-state index in [1.54, 1.807) is 43.3 Å². The fraction of sp³-hybridized carbons (Fsp3) is 0.333. The van der Waals surface area contributed by atoms with E-state index in [0.717, 1.165) is 17.1 Å². The van der Waals surface area contributed by atoms with Crippen LogP contribution in [0.5, 0.6) is 11.5 Å². The molecule has 0 saturated heterocycles. The molecule has 138 valence electrons. The van der Waals surface area contributed by atoms with Crippen molar-refractivity contribution < 1.29 is 19.1 Å². The number of methoxy groups -OCH3 is 1. The molecule has 5 heteroatoms. The average Bonchev–Trinajstić information content (AvgIpc) is 2.67. The van der Waals surface area contributed by atoms with Gasteiger partial charge in [-0.25, -0.2) is 0 Å². The molecule has 0 heterocycles. The van der Waals surface area contributed by atoms with E-state index >= 15 is 0 Å². The fourth-order valence-electron chi connectivity index (χ4n) is 2.55. The summed E-state index contributed by atoms with van der Waals surface area (Å²) >= 11 is 0. The Hall–Kier alpha value is -2.82. The number of amides is 1. The Kier molecular flexibility index (Phi) is 7.21. The Morgan fingerprint density at radius 2 is 1.54 bits per heavy atom. The highest BCUT2D eigenvalue weighted by molar-refractivity contribution is 5.98. The van der Waals surface area contributed by atoms with Crippen LogP contribution in [0.1, 0.15) is 35.7 Å². The van der Waals surface area contributed by atoms with E-state index in [9.17, 15) is 9.59 Å². The summed E-state index contributed by atoms with van der Waals surface area (Å²) in [5, 5.41) is 0. The van der Waals surface area contributed by atoms with Gasteiger partial charge in [0, 0.05) is 32.0 Å². The Balaban J connectivity index is 1.83. The van der Waals surface area contributed by atoms with Crippen molar-refractivity contribution in [3.8, 4) is 11.5 Å². The highest BCUT2D eigenvalue weighted by Gasteiger charge is 2.13. The van der Waals surface area contributed by atoms with Crippen molar-refractivity contribution in [1.29, 1.82) is 0 Å². The second-order valence-corrected chi connectivity index (χ2v) is 5.98.